The fourth-order valence-corrected chi connectivity index (χ4v) is 3.12. The topological polar surface area (TPSA) is 69.8 Å². The largest absolute Gasteiger partial charge is 0.378 e. The number of nitrogens with zero attached hydrogens (tertiary/aromatic N) is 4. The lowest BCUT2D eigenvalue weighted by Gasteiger charge is -2.12. The SMILES string of the molecule is CN(C)c1ccc(/C=C(/C#N)c2ccc(/C(C#N)=C\c3ccc(N(C)C)cc3)[nH]2)cc1. The number of nitrogens with one attached hydrogen (secondary N) is 1. The highest BCUT2D eigenvalue weighted by atomic mass is 15.1. The Hall–Kier alpha value is -4.22. The molecule has 0 aliphatic rings. The van der Waals surface area contributed by atoms with Crippen molar-refractivity contribution in [1.82, 2.24) is 4.98 Å². The van der Waals surface area contributed by atoms with E-state index in [0.717, 1.165) is 22.5 Å². The highest BCUT2D eigenvalue weighted by Gasteiger charge is 2.09. The van der Waals surface area contributed by atoms with Gasteiger partial charge in [0.05, 0.1) is 22.5 Å². The summed E-state index contributed by atoms with van der Waals surface area (Å²) < 4.78 is 0. The summed E-state index contributed by atoms with van der Waals surface area (Å²) in [6.45, 7) is 0. The molecule has 2 aromatic carbocycles. The first-order valence-corrected chi connectivity index (χ1v) is 9.89. The van der Waals surface area contributed by atoms with E-state index < -0.39 is 0 Å². The number of nitriles is 2. The van der Waals surface area contributed by atoms with Crippen LogP contribution in [0.5, 0.6) is 0 Å². The summed E-state index contributed by atoms with van der Waals surface area (Å²) in [7, 11) is 7.96. The van der Waals surface area contributed by atoms with E-state index in [1.54, 1.807) is 0 Å². The first-order chi connectivity index (χ1) is 14.9. The molecule has 0 bridgehead atoms. The van der Waals surface area contributed by atoms with E-state index in [1.165, 1.54) is 0 Å². The molecular formula is C26H25N5. The monoisotopic (exact) mass is 407 g/mol. The van der Waals surface area contributed by atoms with Crippen molar-refractivity contribution in [2.75, 3.05) is 38.0 Å². The van der Waals surface area contributed by atoms with Crippen LogP contribution in [0.25, 0.3) is 23.3 Å². The van der Waals surface area contributed by atoms with Gasteiger partial charge in [0, 0.05) is 39.6 Å². The molecule has 0 saturated heterocycles. The van der Waals surface area contributed by atoms with Gasteiger partial charge in [0.1, 0.15) is 12.1 Å². The summed E-state index contributed by atoms with van der Waals surface area (Å²) in [5, 5.41) is 19.3. The lowest BCUT2D eigenvalue weighted by Crippen LogP contribution is -2.07. The lowest BCUT2D eigenvalue weighted by molar-refractivity contribution is 1.13. The van der Waals surface area contributed by atoms with E-state index in [1.807, 2.05) is 111 Å². The summed E-state index contributed by atoms with van der Waals surface area (Å²) in [4.78, 5) is 7.27. The van der Waals surface area contributed by atoms with Crippen LogP contribution in [0, 0.1) is 22.7 Å². The van der Waals surface area contributed by atoms with Crippen molar-refractivity contribution in [3.05, 3.63) is 83.2 Å². The first-order valence-electron chi connectivity index (χ1n) is 9.89. The highest BCUT2D eigenvalue weighted by Crippen LogP contribution is 2.23. The summed E-state index contributed by atoms with van der Waals surface area (Å²) in [6, 6.07) is 24.1. The van der Waals surface area contributed by atoms with Crippen LogP contribution >= 0.6 is 0 Å². The summed E-state index contributed by atoms with van der Waals surface area (Å²) in [5.74, 6) is 0. The summed E-state index contributed by atoms with van der Waals surface area (Å²) in [5.41, 5.74) is 6.45. The van der Waals surface area contributed by atoms with Crippen LogP contribution in [0.15, 0.2) is 60.7 Å². The zero-order chi connectivity index (χ0) is 22.4. The number of anilines is 2. The number of aromatic nitrogens is 1. The molecular weight excluding hydrogens is 382 g/mol. The van der Waals surface area contributed by atoms with Crippen molar-refractivity contribution in [3.63, 3.8) is 0 Å². The quantitative estimate of drug-likeness (QED) is 0.565. The van der Waals surface area contributed by atoms with E-state index in [0.29, 0.717) is 22.5 Å². The van der Waals surface area contributed by atoms with Gasteiger partial charge in [-0.2, -0.15) is 10.5 Å². The highest BCUT2D eigenvalue weighted by molar-refractivity contribution is 5.92. The molecule has 3 rings (SSSR count). The molecule has 0 atom stereocenters. The van der Waals surface area contributed by atoms with Gasteiger partial charge in [-0.25, -0.2) is 0 Å². The Bertz CT molecular complexity index is 1080. The zero-order valence-corrected chi connectivity index (χ0v) is 18.2. The molecule has 0 amide bonds. The average molecular weight is 408 g/mol. The van der Waals surface area contributed by atoms with Crippen molar-refractivity contribution in [2.45, 2.75) is 0 Å². The van der Waals surface area contributed by atoms with Gasteiger partial charge >= 0.3 is 0 Å². The number of aromatic amines is 1. The third-order valence-corrected chi connectivity index (χ3v) is 4.95. The predicted molar refractivity (Wildman–Crippen MR) is 129 cm³/mol. The minimum atomic E-state index is 0.511. The fraction of sp³-hybridized carbons (Fsp3) is 0.154. The lowest BCUT2D eigenvalue weighted by atomic mass is 10.1. The van der Waals surface area contributed by atoms with E-state index in [4.69, 9.17) is 0 Å². The summed E-state index contributed by atoms with van der Waals surface area (Å²) in [6.07, 6.45) is 3.68. The van der Waals surface area contributed by atoms with Gasteiger partial charge < -0.3 is 14.8 Å². The van der Waals surface area contributed by atoms with Gasteiger partial charge in [-0.1, -0.05) is 24.3 Å². The molecule has 0 unspecified atom stereocenters. The van der Waals surface area contributed by atoms with Crippen LogP contribution in [0.1, 0.15) is 22.5 Å². The molecule has 1 heterocycles. The van der Waals surface area contributed by atoms with E-state index in [2.05, 4.69) is 17.1 Å². The van der Waals surface area contributed by atoms with Crippen LogP contribution in [0.3, 0.4) is 0 Å². The van der Waals surface area contributed by atoms with Gasteiger partial charge in [0.25, 0.3) is 0 Å². The molecule has 3 aromatic rings. The fourth-order valence-electron chi connectivity index (χ4n) is 3.12. The minimum absolute atomic E-state index is 0.511. The standard InChI is InChI=1S/C26H25N5/c1-30(2)23-9-5-19(6-10-23)15-21(17-27)25-13-14-26(29-25)22(18-28)16-20-7-11-24(12-8-20)31(3)4/h5-16,29H,1-4H3/b21-15-,22-16-. The molecule has 0 aliphatic heterocycles. The maximum atomic E-state index is 9.66. The predicted octanol–water partition coefficient (Wildman–Crippen LogP) is 5.28. The second kappa shape index (κ2) is 9.52. The molecule has 1 aromatic heterocycles. The van der Waals surface area contributed by atoms with Crippen LogP contribution < -0.4 is 9.80 Å². The van der Waals surface area contributed by atoms with Crippen molar-refractivity contribution in [2.24, 2.45) is 0 Å². The van der Waals surface area contributed by atoms with Gasteiger partial charge in [0.2, 0.25) is 0 Å². The van der Waals surface area contributed by atoms with Crippen LogP contribution in [0.4, 0.5) is 11.4 Å². The third kappa shape index (κ3) is 5.23. The maximum Gasteiger partial charge on any atom is 0.101 e. The van der Waals surface area contributed by atoms with Crippen molar-refractivity contribution in [3.8, 4) is 12.1 Å². The Morgan fingerprint density at radius 3 is 1.29 bits per heavy atom. The zero-order valence-electron chi connectivity index (χ0n) is 18.2. The second-order valence-electron chi connectivity index (χ2n) is 7.60. The number of benzene rings is 2. The van der Waals surface area contributed by atoms with Gasteiger partial charge in [-0.15, -0.1) is 0 Å². The Morgan fingerprint density at radius 2 is 1.00 bits per heavy atom. The van der Waals surface area contributed by atoms with Crippen molar-refractivity contribution >= 4 is 34.7 Å². The number of rotatable bonds is 6. The van der Waals surface area contributed by atoms with Crippen LogP contribution in [-0.4, -0.2) is 33.2 Å². The Balaban J connectivity index is 1.87. The van der Waals surface area contributed by atoms with E-state index in [9.17, 15) is 10.5 Å². The van der Waals surface area contributed by atoms with Gasteiger partial charge in [0.15, 0.2) is 0 Å². The van der Waals surface area contributed by atoms with Crippen molar-refractivity contribution < 1.29 is 0 Å². The third-order valence-electron chi connectivity index (χ3n) is 4.95. The average Bonchev–Trinajstić information content (AvgIpc) is 3.26. The molecule has 5 nitrogen and oxygen atoms in total. The van der Waals surface area contributed by atoms with Crippen LogP contribution in [0.2, 0.25) is 0 Å². The van der Waals surface area contributed by atoms with Gasteiger partial charge in [-0.05, 0) is 59.7 Å². The maximum absolute atomic E-state index is 9.66. The molecule has 1 N–H and O–H groups in total. The molecule has 5 heteroatoms. The molecule has 0 fully saturated rings. The Labute approximate surface area is 183 Å². The van der Waals surface area contributed by atoms with E-state index >= 15 is 0 Å². The van der Waals surface area contributed by atoms with Gasteiger partial charge in [-0.3, -0.25) is 0 Å². The minimum Gasteiger partial charge on any atom is -0.378 e. The number of hydrogen-bond acceptors (Lipinski definition) is 4. The second-order valence-corrected chi connectivity index (χ2v) is 7.60. The smallest absolute Gasteiger partial charge is 0.101 e. The molecule has 0 spiro atoms. The van der Waals surface area contributed by atoms with E-state index in [-0.39, 0.29) is 0 Å². The molecule has 0 aliphatic carbocycles. The molecule has 31 heavy (non-hydrogen) atoms. The molecule has 0 radical (unpaired) electrons. The molecule has 154 valence electrons. The Morgan fingerprint density at radius 1 is 0.645 bits per heavy atom. The van der Waals surface area contributed by atoms with Crippen molar-refractivity contribution in [1.29, 1.82) is 10.5 Å². The Kier molecular flexibility index (Phi) is 6.60. The number of allylic oxidation sites excluding steroid dienone is 2. The van der Waals surface area contributed by atoms with Crippen LogP contribution in [-0.2, 0) is 0 Å². The number of hydrogen-bond donors (Lipinski definition) is 1. The normalized spacial score (nSPS) is 11.5. The first kappa shape index (κ1) is 21.5. The summed E-state index contributed by atoms with van der Waals surface area (Å²) >= 11 is 0. The number of H-pyrrole nitrogens is 1. The molecule has 0 saturated carbocycles.